The van der Waals surface area contributed by atoms with Crippen LogP contribution < -0.4 is 0 Å². The Bertz CT molecular complexity index is 1860. The van der Waals surface area contributed by atoms with Crippen molar-refractivity contribution in [3.05, 3.63) is 148 Å². The molecule has 0 aliphatic carbocycles. The van der Waals surface area contributed by atoms with Crippen LogP contribution in [0.15, 0.2) is 121 Å². The number of amides is 2. The number of carbonyl (C=O) groups excluding carboxylic acids is 2. The van der Waals surface area contributed by atoms with Gasteiger partial charge in [0.25, 0.3) is 0 Å². The Morgan fingerprint density at radius 1 is 0.820 bits per heavy atom. The van der Waals surface area contributed by atoms with E-state index in [1.807, 2.05) is 70.9 Å². The van der Waals surface area contributed by atoms with Crippen molar-refractivity contribution in [3.8, 4) is 11.3 Å². The molecule has 6 rings (SSSR count). The summed E-state index contributed by atoms with van der Waals surface area (Å²) >= 11 is 1.42. The van der Waals surface area contributed by atoms with Gasteiger partial charge in [0.05, 0.1) is 16.3 Å². The van der Waals surface area contributed by atoms with E-state index in [9.17, 15) is 22.8 Å². The van der Waals surface area contributed by atoms with Crippen LogP contribution in [0.3, 0.4) is 0 Å². The summed E-state index contributed by atoms with van der Waals surface area (Å²) in [5.74, 6) is -0.600. The molecule has 1 saturated heterocycles. The molecule has 3 heterocycles. The predicted octanol–water partition coefficient (Wildman–Crippen LogP) is 7.22. The third kappa shape index (κ3) is 9.10. The molecule has 0 spiro atoms. The number of thiazole rings is 1. The lowest BCUT2D eigenvalue weighted by molar-refractivity contribution is -0.145. The van der Waals surface area contributed by atoms with E-state index in [1.54, 1.807) is 17.3 Å². The second-order valence-corrected chi connectivity index (χ2v) is 13.0. The highest BCUT2D eigenvalue weighted by molar-refractivity contribution is 7.09. The topological polar surface area (TPSA) is 69.6 Å². The molecule has 1 aliphatic rings. The average molecular weight is 696 g/mol. The van der Waals surface area contributed by atoms with Crippen molar-refractivity contribution in [2.75, 3.05) is 26.2 Å². The molecule has 3 aromatic carbocycles. The van der Waals surface area contributed by atoms with Crippen LogP contribution in [0.4, 0.5) is 13.2 Å². The molecule has 2 amide bonds. The number of benzene rings is 3. The molecule has 50 heavy (non-hydrogen) atoms. The van der Waals surface area contributed by atoms with E-state index >= 15 is 0 Å². The minimum absolute atomic E-state index is 0.133. The SMILES string of the molecule is O=C(C(Cc1nccs1)N(Cc1ccc(-c2ccccn2)cc1)C(=O)C=Cc1ccc(C(F)(F)F)cc1)N1CCN(Cc2ccccc2)CC1. The first-order valence-electron chi connectivity index (χ1n) is 16.3. The molecule has 11 heteroatoms. The van der Waals surface area contributed by atoms with Crippen molar-refractivity contribution in [1.82, 2.24) is 24.7 Å². The molecule has 7 nitrogen and oxygen atoms in total. The number of pyridine rings is 1. The first-order chi connectivity index (χ1) is 24.2. The van der Waals surface area contributed by atoms with E-state index in [0.717, 1.165) is 40.5 Å². The quantitative estimate of drug-likeness (QED) is 0.137. The number of alkyl halides is 3. The van der Waals surface area contributed by atoms with Crippen LogP contribution in [0, 0.1) is 0 Å². The lowest BCUT2D eigenvalue weighted by Crippen LogP contribution is -2.56. The molecule has 1 fully saturated rings. The van der Waals surface area contributed by atoms with Gasteiger partial charge in [0.15, 0.2) is 0 Å². The van der Waals surface area contributed by atoms with Gasteiger partial charge in [0.1, 0.15) is 6.04 Å². The van der Waals surface area contributed by atoms with Crippen LogP contribution in [0.1, 0.15) is 27.3 Å². The monoisotopic (exact) mass is 695 g/mol. The number of nitrogens with zero attached hydrogens (tertiary/aromatic N) is 5. The van der Waals surface area contributed by atoms with Gasteiger partial charge in [-0.25, -0.2) is 4.98 Å². The Morgan fingerprint density at radius 3 is 2.18 bits per heavy atom. The number of aromatic nitrogens is 2. The van der Waals surface area contributed by atoms with Gasteiger partial charge in [-0.2, -0.15) is 13.2 Å². The summed E-state index contributed by atoms with van der Waals surface area (Å²) in [6.07, 6.45) is 1.97. The van der Waals surface area contributed by atoms with Crippen LogP contribution in [0.2, 0.25) is 0 Å². The van der Waals surface area contributed by atoms with Gasteiger partial charge in [-0.3, -0.25) is 19.5 Å². The summed E-state index contributed by atoms with van der Waals surface area (Å²) in [6, 6.07) is 27.3. The molecule has 2 aromatic heterocycles. The van der Waals surface area contributed by atoms with Crippen molar-refractivity contribution in [1.29, 1.82) is 0 Å². The summed E-state index contributed by atoms with van der Waals surface area (Å²) in [7, 11) is 0. The molecule has 0 N–H and O–H groups in total. The van der Waals surface area contributed by atoms with Crippen LogP contribution >= 0.6 is 11.3 Å². The van der Waals surface area contributed by atoms with Crippen molar-refractivity contribution in [3.63, 3.8) is 0 Å². The Morgan fingerprint density at radius 2 is 1.54 bits per heavy atom. The Balaban J connectivity index is 1.26. The van der Waals surface area contributed by atoms with Crippen molar-refractivity contribution >= 4 is 29.2 Å². The van der Waals surface area contributed by atoms with E-state index in [4.69, 9.17) is 0 Å². The summed E-state index contributed by atoms with van der Waals surface area (Å²) in [5.41, 5.74) is 3.41. The van der Waals surface area contributed by atoms with Crippen molar-refractivity contribution in [2.45, 2.75) is 31.7 Å². The molecule has 1 atom stereocenters. The van der Waals surface area contributed by atoms with Gasteiger partial charge in [-0.05, 0) is 47.0 Å². The Labute approximate surface area is 293 Å². The number of hydrogen-bond acceptors (Lipinski definition) is 6. The van der Waals surface area contributed by atoms with Crippen LogP contribution in [-0.4, -0.2) is 68.7 Å². The van der Waals surface area contributed by atoms with Crippen molar-refractivity contribution < 1.29 is 22.8 Å². The van der Waals surface area contributed by atoms with Crippen LogP contribution in [-0.2, 0) is 35.3 Å². The third-order valence-electron chi connectivity index (χ3n) is 8.65. The zero-order valence-corrected chi connectivity index (χ0v) is 28.1. The largest absolute Gasteiger partial charge is 0.416 e. The van der Waals surface area contributed by atoms with Gasteiger partial charge in [0, 0.05) is 75.1 Å². The normalized spacial score (nSPS) is 14.5. The van der Waals surface area contributed by atoms with E-state index in [0.29, 0.717) is 31.7 Å². The summed E-state index contributed by atoms with van der Waals surface area (Å²) in [5, 5.41) is 2.56. The van der Waals surface area contributed by atoms with Gasteiger partial charge in [-0.15, -0.1) is 11.3 Å². The first kappa shape index (κ1) is 34.7. The fourth-order valence-corrected chi connectivity index (χ4v) is 6.58. The number of carbonyl (C=O) groups is 2. The third-order valence-corrected chi connectivity index (χ3v) is 9.45. The molecule has 0 radical (unpaired) electrons. The number of halogens is 3. The predicted molar refractivity (Wildman–Crippen MR) is 189 cm³/mol. The molecule has 0 bridgehead atoms. The highest BCUT2D eigenvalue weighted by atomic mass is 32.1. The first-order valence-corrected chi connectivity index (χ1v) is 17.2. The van der Waals surface area contributed by atoms with Gasteiger partial charge >= 0.3 is 6.18 Å². The standard InChI is InChI=1S/C39H36F3N5O2S/c40-39(41,42)33-16-11-29(12-17-33)13-18-37(48)47(28-31-9-14-32(15-10-31)34-8-4-5-19-43-34)35(26-36-44-20-25-50-36)38(49)46-23-21-45(22-24-46)27-30-6-2-1-3-7-30/h1-20,25,35H,21-24,26-28H2. The lowest BCUT2D eigenvalue weighted by Gasteiger charge is -2.39. The zero-order chi connectivity index (χ0) is 34.9. The second kappa shape index (κ2) is 16.1. The highest BCUT2D eigenvalue weighted by Crippen LogP contribution is 2.29. The summed E-state index contributed by atoms with van der Waals surface area (Å²) in [4.78, 5) is 43.1. The van der Waals surface area contributed by atoms with Crippen LogP contribution in [0.5, 0.6) is 0 Å². The maximum atomic E-state index is 14.4. The zero-order valence-electron chi connectivity index (χ0n) is 27.2. The molecule has 0 saturated carbocycles. The maximum absolute atomic E-state index is 14.4. The molecule has 5 aromatic rings. The Hall–Kier alpha value is -5.13. The fraction of sp³-hybridized carbons (Fsp3) is 0.231. The smallest absolute Gasteiger partial charge is 0.338 e. The van der Waals surface area contributed by atoms with Gasteiger partial charge in [-0.1, -0.05) is 72.8 Å². The Kier molecular flexibility index (Phi) is 11.1. The highest BCUT2D eigenvalue weighted by Gasteiger charge is 2.35. The average Bonchev–Trinajstić information content (AvgIpc) is 3.66. The second-order valence-electron chi connectivity index (χ2n) is 12.1. The maximum Gasteiger partial charge on any atom is 0.416 e. The molecule has 1 aliphatic heterocycles. The van der Waals surface area contributed by atoms with Gasteiger partial charge < -0.3 is 9.80 Å². The number of piperazine rings is 1. The molecular formula is C39H36F3N5O2S. The van der Waals surface area contributed by atoms with Gasteiger partial charge in [0.2, 0.25) is 11.8 Å². The van der Waals surface area contributed by atoms with E-state index in [-0.39, 0.29) is 18.9 Å². The molecular weight excluding hydrogens is 660 g/mol. The molecule has 256 valence electrons. The molecule has 1 unspecified atom stereocenters. The summed E-state index contributed by atoms with van der Waals surface area (Å²) < 4.78 is 39.4. The van der Waals surface area contributed by atoms with E-state index in [1.165, 1.54) is 41.2 Å². The lowest BCUT2D eigenvalue weighted by atomic mass is 10.0. The minimum Gasteiger partial charge on any atom is -0.338 e. The minimum atomic E-state index is -4.46. The van der Waals surface area contributed by atoms with E-state index < -0.39 is 23.7 Å². The van der Waals surface area contributed by atoms with Crippen molar-refractivity contribution in [2.24, 2.45) is 0 Å². The number of rotatable bonds is 11. The summed E-state index contributed by atoms with van der Waals surface area (Å²) in [6.45, 7) is 3.35. The number of hydrogen-bond donors (Lipinski definition) is 0. The van der Waals surface area contributed by atoms with E-state index in [2.05, 4.69) is 27.0 Å². The van der Waals surface area contributed by atoms with Crippen LogP contribution in [0.25, 0.3) is 17.3 Å². The fourth-order valence-electron chi connectivity index (χ4n) is 5.93.